The van der Waals surface area contributed by atoms with E-state index in [0.717, 1.165) is 4.90 Å². The molecule has 4 rings (SSSR count). The minimum atomic E-state index is -0.496. The van der Waals surface area contributed by atoms with Gasteiger partial charge in [0, 0.05) is 39.3 Å². The molecule has 0 aliphatic carbocycles. The molecule has 1 atom stereocenters. The number of hydrogen-bond donors (Lipinski definition) is 3. The van der Waals surface area contributed by atoms with Crippen LogP contribution in [0.5, 0.6) is 0 Å². The number of halogens is 1. The largest absolute Gasteiger partial charge is 0.325 e. The van der Waals surface area contributed by atoms with Crippen LogP contribution >= 0.6 is 23.4 Å². The van der Waals surface area contributed by atoms with Crippen LogP contribution in [0.1, 0.15) is 22.8 Å². The van der Waals surface area contributed by atoms with E-state index in [-0.39, 0.29) is 16.9 Å². The van der Waals surface area contributed by atoms with Gasteiger partial charge in [-0.3, -0.25) is 19.4 Å². The van der Waals surface area contributed by atoms with Crippen molar-refractivity contribution in [2.75, 3.05) is 10.6 Å². The molecule has 1 heterocycles. The Morgan fingerprint density at radius 3 is 2.23 bits per heavy atom. The van der Waals surface area contributed by atoms with Crippen molar-refractivity contribution in [1.29, 1.82) is 0 Å². The number of hydrogen-bond acceptors (Lipinski definition) is 5. The van der Waals surface area contributed by atoms with Gasteiger partial charge >= 0.3 is 0 Å². The third kappa shape index (κ3) is 8.29. The summed E-state index contributed by atoms with van der Waals surface area (Å²) in [4.78, 5) is 43.3. The maximum absolute atomic E-state index is 13.2. The quantitative estimate of drug-likeness (QED) is 0.167. The van der Waals surface area contributed by atoms with E-state index in [1.54, 1.807) is 91.3 Å². The Morgan fingerprint density at radius 1 is 0.846 bits per heavy atom. The molecule has 39 heavy (non-hydrogen) atoms. The number of aromatic nitrogens is 1. The summed E-state index contributed by atoms with van der Waals surface area (Å²) < 4.78 is 0. The van der Waals surface area contributed by atoms with E-state index < -0.39 is 11.8 Å². The second-order valence-corrected chi connectivity index (χ2v) is 10.2. The predicted octanol–water partition coefficient (Wildman–Crippen LogP) is 6.26. The van der Waals surface area contributed by atoms with Gasteiger partial charge in [-0.25, -0.2) is 0 Å². The average molecular weight is 557 g/mol. The lowest BCUT2D eigenvalue weighted by atomic mass is 10.1. The van der Waals surface area contributed by atoms with Gasteiger partial charge in [0.2, 0.25) is 5.91 Å². The van der Waals surface area contributed by atoms with Crippen LogP contribution in [0.25, 0.3) is 6.08 Å². The van der Waals surface area contributed by atoms with Crippen LogP contribution in [0.4, 0.5) is 11.4 Å². The summed E-state index contributed by atoms with van der Waals surface area (Å²) >= 11 is 7.50. The summed E-state index contributed by atoms with van der Waals surface area (Å²) in [6.45, 7) is 1.82. The number of rotatable bonds is 9. The Balaban J connectivity index is 1.43. The fourth-order valence-corrected chi connectivity index (χ4v) is 4.52. The average Bonchev–Trinajstić information content (AvgIpc) is 2.94. The van der Waals surface area contributed by atoms with Crippen LogP contribution in [-0.2, 0) is 9.59 Å². The summed E-state index contributed by atoms with van der Waals surface area (Å²) in [5.74, 6) is -1.04. The van der Waals surface area contributed by atoms with Gasteiger partial charge < -0.3 is 16.0 Å². The van der Waals surface area contributed by atoms with Crippen LogP contribution in [0, 0.1) is 0 Å². The number of benzene rings is 3. The zero-order valence-corrected chi connectivity index (χ0v) is 22.5. The molecule has 1 aromatic heterocycles. The second kappa shape index (κ2) is 13.4. The summed E-state index contributed by atoms with van der Waals surface area (Å²) in [6, 6.07) is 26.2. The SMILES string of the molecule is CC(Sc1ccc(NC(=O)/C(=C/c2cccc(Cl)c2)NC(=O)c2ccccc2)cc1)C(=O)Nc1ccncc1. The van der Waals surface area contributed by atoms with Crippen LogP contribution in [-0.4, -0.2) is 28.0 Å². The monoisotopic (exact) mass is 556 g/mol. The molecular weight excluding hydrogens is 532 g/mol. The number of carbonyl (C=O) groups is 3. The molecule has 0 saturated carbocycles. The van der Waals surface area contributed by atoms with E-state index >= 15 is 0 Å². The summed E-state index contributed by atoms with van der Waals surface area (Å²) in [5, 5.41) is 8.54. The topological polar surface area (TPSA) is 100 Å². The molecule has 3 N–H and O–H groups in total. The van der Waals surface area contributed by atoms with Gasteiger partial charge in [-0.15, -0.1) is 11.8 Å². The van der Waals surface area contributed by atoms with Crippen LogP contribution < -0.4 is 16.0 Å². The molecule has 0 spiro atoms. The van der Waals surface area contributed by atoms with Crippen molar-refractivity contribution < 1.29 is 14.4 Å². The minimum Gasteiger partial charge on any atom is -0.325 e. The normalized spacial score (nSPS) is 11.8. The van der Waals surface area contributed by atoms with Crippen LogP contribution in [0.3, 0.4) is 0 Å². The van der Waals surface area contributed by atoms with Crippen LogP contribution in [0.2, 0.25) is 5.02 Å². The molecule has 0 radical (unpaired) electrons. The highest BCUT2D eigenvalue weighted by Gasteiger charge is 2.17. The number of nitrogens with zero attached hydrogens (tertiary/aromatic N) is 1. The predicted molar refractivity (Wildman–Crippen MR) is 157 cm³/mol. The summed E-state index contributed by atoms with van der Waals surface area (Å²) in [5.41, 5.74) is 2.36. The van der Waals surface area contributed by atoms with Crippen molar-refractivity contribution in [1.82, 2.24) is 10.3 Å². The van der Waals surface area contributed by atoms with E-state index in [1.807, 2.05) is 25.1 Å². The van der Waals surface area contributed by atoms with Gasteiger partial charge in [-0.05, 0) is 79.2 Å². The molecule has 0 fully saturated rings. The van der Waals surface area contributed by atoms with Crippen molar-refractivity contribution in [3.63, 3.8) is 0 Å². The number of thioether (sulfide) groups is 1. The van der Waals surface area contributed by atoms with Crippen molar-refractivity contribution >= 4 is 58.5 Å². The smallest absolute Gasteiger partial charge is 0.272 e. The van der Waals surface area contributed by atoms with Crippen molar-refractivity contribution in [3.05, 3.63) is 125 Å². The molecule has 196 valence electrons. The number of pyridine rings is 1. The number of carbonyl (C=O) groups excluding carboxylic acids is 3. The lowest BCUT2D eigenvalue weighted by Gasteiger charge is -2.13. The first-order chi connectivity index (χ1) is 18.9. The molecule has 7 nitrogen and oxygen atoms in total. The molecular formula is C30H25ClN4O3S. The van der Waals surface area contributed by atoms with Gasteiger partial charge in [0.15, 0.2) is 0 Å². The van der Waals surface area contributed by atoms with E-state index in [2.05, 4.69) is 20.9 Å². The molecule has 0 bridgehead atoms. The Labute approximate surface area is 235 Å². The highest BCUT2D eigenvalue weighted by molar-refractivity contribution is 8.00. The molecule has 4 aromatic rings. The van der Waals surface area contributed by atoms with Gasteiger partial charge in [0.1, 0.15) is 5.70 Å². The van der Waals surface area contributed by atoms with Crippen molar-refractivity contribution in [3.8, 4) is 0 Å². The molecule has 1 unspecified atom stereocenters. The lowest BCUT2D eigenvalue weighted by molar-refractivity contribution is -0.115. The molecule has 3 amide bonds. The molecule has 3 aromatic carbocycles. The van der Waals surface area contributed by atoms with Gasteiger partial charge in [-0.1, -0.05) is 41.9 Å². The highest BCUT2D eigenvalue weighted by Crippen LogP contribution is 2.26. The standard InChI is InChI=1S/C30H25ClN4O3S/c1-20(28(36)33-25-14-16-32-17-15-25)39-26-12-10-24(11-13-26)34-30(38)27(19-21-6-5-9-23(31)18-21)35-29(37)22-7-3-2-4-8-22/h2-20H,1H3,(H,34,38)(H,35,37)(H,32,33,36)/b27-19-. The first-order valence-electron chi connectivity index (χ1n) is 12.0. The van der Waals surface area contributed by atoms with E-state index in [0.29, 0.717) is 27.5 Å². The zero-order chi connectivity index (χ0) is 27.6. The van der Waals surface area contributed by atoms with Crippen molar-refractivity contribution in [2.24, 2.45) is 0 Å². The lowest BCUT2D eigenvalue weighted by Crippen LogP contribution is -2.30. The Bertz CT molecular complexity index is 1480. The zero-order valence-electron chi connectivity index (χ0n) is 20.9. The van der Waals surface area contributed by atoms with E-state index in [9.17, 15) is 14.4 Å². The molecule has 0 aliphatic rings. The third-order valence-corrected chi connectivity index (χ3v) is 6.78. The van der Waals surface area contributed by atoms with E-state index in [1.165, 1.54) is 11.8 Å². The highest BCUT2D eigenvalue weighted by atomic mass is 35.5. The van der Waals surface area contributed by atoms with Gasteiger partial charge in [0.05, 0.1) is 5.25 Å². The first kappa shape index (κ1) is 27.6. The number of amides is 3. The fourth-order valence-electron chi connectivity index (χ4n) is 3.46. The Hall–Kier alpha value is -4.40. The minimum absolute atomic E-state index is 0.0611. The first-order valence-corrected chi connectivity index (χ1v) is 13.3. The maximum Gasteiger partial charge on any atom is 0.272 e. The van der Waals surface area contributed by atoms with Crippen molar-refractivity contribution in [2.45, 2.75) is 17.1 Å². The fraction of sp³-hybridized carbons (Fsp3) is 0.0667. The second-order valence-electron chi connectivity index (χ2n) is 8.40. The third-order valence-electron chi connectivity index (χ3n) is 5.43. The maximum atomic E-state index is 13.2. The number of anilines is 2. The Kier molecular flexibility index (Phi) is 9.50. The van der Waals surface area contributed by atoms with Crippen LogP contribution in [0.15, 0.2) is 114 Å². The summed E-state index contributed by atoms with van der Waals surface area (Å²) in [6.07, 6.45) is 4.79. The number of nitrogens with one attached hydrogen (secondary N) is 3. The van der Waals surface area contributed by atoms with Gasteiger partial charge in [-0.2, -0.15) is 0 Å². The Morgan fingerprint density at radius 2 is 1.54 bits per heavy atom. The molecule has 0 aliphatic heterocycles. The molecule has 0 saturated heterocycles. The summed E-state index contributed by atoms with van der Waals surface area (Å²) in [7, 11) is 0. The molecule has 9 heteroatoms. The van der Waals surface area contributed by atoms with Gasteiger partial charge in [0.25, 0.3) is 11.8 Å². The van der Waals surface area contributed by atoms with E-state index in [4.69, 9.17) is 11.6 Å².